The number of nitrogens with one attached hydrogen (secondary N) is 2. The van der Waals surface area contributed by atoms with Gasteiger partial charge < -0.3 is 10.6 Å². The summed E-state index contributed by atoms with van der Waals surface area (Å²) in [5.41, 5.74) is 0.258. The van der Waals surface area contributed by atoms with Crippen LogP contribution in [0.5, 0.6) is 0 Å². The van der Waals surface area contributed by atoms with Gasteiger partial charge in [-0.25, -0.2) is 0 Å². The molecule has 0 aromatic carbocycles. The molecule has 21 heavy (non-hydrogen) atoms. The summed E-state index contributed by atoms with van der Waals surface area (Å²) >= 11 is 2.06. The molecular weight excluding hydrogens is 282 g/mol. The first-order valence-electron chi connectivity index (χ1n) is 8.52. The Bertz CT molecular complexity index is 361. The molecule has 3 fully saturated rings. The highest BCUT2D eigenvalue weighted by Crippen LogP contribution is 2.36. The van der Waals surface area contributed by atoms with Crippen LogP contribution in [0, 0.1) is 11.8 Å². The molecule has 3 aliphatic rings. The Labute approximate surface area is 132 Å². The summed E-state index contributed by atoms with van der Waals surface area (Å²) in [6, 6.07) is 0. The lowest BCUT2D eigenvalue weighted by atomic mass is 9.87. The van der Waals surface area contributed by atoms with Crippen molar-refractivity contribution in [2.75, 3.05) is 44.2 Å². The van der Waals surface area contributed by atoms with Gasteiger partial charge in [-0.15, -0.1) is 0 Å². The van der Waals surface area contributed by atoms with Crippen LogP contribution in [0.1, 0.15) is 32.6 Å². The zero-order chi connectivity index (χ0) is 14.7. The summed E-state index contributed by atoms with van der Waals surface area (Å²) in [5.74, 6) is 3.45. The van der Waals surface area contributed by atoms with Crippen molar-refractivity contribution in [3.8, 4) is 0 Å². The van der Waals surface area contributed by atoms with Crippen molar-refractivity contribution in [2.45, 2.75) is 38.1 Å². The van der Waals surface area contributed by atoms with Crippen molar-refractivity contribution in [1.82, 2.24) is 15.5 Å². The molecule has 4 nitrogen and oxygen atoms in total. The topological polar surface area (TPSA) is 44.4 Å². The number of nitrogens with zero attached hydrogens (tertiary/aromatic N) is 1. The molecule has 5 heteroatoms. The number of carbonyl (C=O) groups is 1. The molecule has 0 spiro atoms. The molecular formula is C16H29N3OS. The van der Waals surface area contributed by atoms with Crippen molar-refractivity contribution in [3.63, 3.8) is 0 Å². The molecule has 0 aromatic heterocycles. The minimum absolute atomic E-state index is 0.154. The van der Waals surface area contributed by atoms with Crippen molar-refractivity contribution < 1.29 is 4.79 Å². The van der Waals surface area contributed by atoms with Crippen LogP contribution in [-0.2, 0) is 4.79 Å². The first-order valence-corrected chi connectivity index (χ1v) is 9.68. The van der Waals surface area contributed by atoms with E-state index in [1.807, 2.05) is 0 Å². The maximum Gasteiger partial charge on any atom is 0.223 e. The Balaban J connectivity index is 1.56. The van der Waals surface area contributed by atoms with Gasteiger partial charge >= 0.3 is 0 Å². The number of thioether (sulfide) groups is 1. The van der Waals surface area contributed by atoms with Crippen molar-refractivity contribution in [3.05, 3.63) is 0 Å². The van der Waals surface area contributed by atoms with E-state index in [9.17, 15) is 4.79 Å². The largest absolute Gasteiger partial charge is 0.354 e. The minimum atomic E-state index is 0.154. The Morgan fingerprint density at radius 3 is 2.57 bits per heavy atom. The molecule has 1 unspecified atom stereocenters. The molecule has 0 bridgehead atoms. The summed E-state index contributed by atoms with van der Waals surface area (Å²) < 4.78 is 0. The highest BCUT2D eigenvalue weighted by molar-refractivity contribution is 7.99. The quantitative estimate of drug-likeness (QED) is 0.804. The van der Waals surface area contributed by atoms with Gasteiger partial charge in [0, 0.05) is 42.6 Å². The Kier molecular flexibility index (Phi) is 5.12. The molecule has 1 amide bonds. The van der Waals surface area contributed by atoms with Gasteiger partial charge in [0.1, 0.15) is 0 Å². The zero-order valence-corrected chi connectivity index (χ0v) is 14.0. The standard InChI is InChI=1S/C16H29N3OS/c1-13(14-10-17-11-14)15(20)18-12-16(4-2-3-5-16)19-6-8-21-9-7-19/h13-14,17H,2-12H2,1H3,(H,18,20). The minimum Gasteiger partial charge on any atom is -0.354 e. The summed E-state index contributed by atoms with van der Waals surface area (Å²) in [4.78, 5) is 15.1. The van der Waals surface area contributed by atoms with E-state index < -0.39 is 0 Å². The maximum atomic E-state index is 12.4. The summed E-state index contributed by atoms with van der Waals surface area (Å²) in [7, 11) is 0. The second kappa shape index (κ2) is 6.88. The number of hydrogen-bond donors (Lipinski definition) is 2. The van der Waals surface area contributed by atoms with E-state index in [1.165, 1.54) is 50.3 Å². The first-order chi connectivity index (χ1) is 10.2. The van der Waals surface area contributed by atoms with Gasteiger partial charge in [0.25, 0.3) is 0 Å². The van der Waals surface area contributed by atoms with Crippen LogP contribution < -0.4 is 10.6 Å². The van der Waals surface area contributed by atoms with E-state index in [4.69, 9.17) is 0 Å². The van der Waals surface area contributed by atoms with Crippen LogP contribution in [0.3, 0.4) is 0 Å². The number of rotatable bonds is 5. The van der Waals surface area contributed by atoms with Crippen LogP contribution in [-0.4, -0.2) is 60.6 Å². The predicted molar refractivity (Wildman–Crippen MR) is 88.6 cm³/mol. The molecule has 1 saturated carbocycles. The molecule has 1 aliphatic carbocycles. The van der Waals surface area contributed by atoms with Crippen LogP contribution >= 0.6 is 11.8 Å². The summed E-state index contributed by atoms with van der Waals surface area (Å²) in [5, 5.41) is 6.56. The highest BCUT2D eigenvalue weighted by atomic mass is 32.2. The fraction of sp³-hybridized carbons (Fsp3) is 0.938. The van der Waals surface area contributed by atoms with Gasteiger partial charge in [-0.3, -0.25) is 9.69 Å². The fourth-order valence-electron chi connectivity index (χ4n) is 3.97. The maximum absolute atomic E-state index is 12.4. The van der Waals surface area contributed by atoms with E-state index in [1.54, 1.807) is 0 Å². The van der Waals surface area contributed by atoms with Gasteiger partial charge in [0.15, 0.2) is 0 Å². The lowest BCUT2D eigenvalue weighted by Gasteiger charge is -2.44. The zero-order valence-electron chi connectivity index (χ0n) is 13.2. The lowest BCUT2D eigenvalue weighted by Crippen LogP contribution is -2.58. The number of amides is 1. The van der Waals surface area contributed by atoms with Crippen molar-refractivity contribution in [2.24, 2.45) is 11.8 Å². The monoisotopic (exact) mass is 311 g/mol. The average Bonchev–Trinajstić information content (AvgIpc) is 2.94. The van der Waals surface area contributed by atoms with E-state index in [2.05, 4.69) is 34.2 Å². The average molecular weight is 311 g/mol. The van der Waals surface area contributed by atoms with Gasteiger partial charge in [-0.2, -0.15) is 11.8 Å². The Morgan fingerprint density at radius 1 is 1.33 bits per heavy atom. The molecule has 2 heterocycles. The third-order valence-corrected chi connectivity index (χ3v) is 6.68. The smallest absolute Gasteiger partial charge is 0.223 e. The molecule has 0 aromatic rings. The van der Waals surface area contributed by atoms with Gasteiger partial charge in [-0.05, 0) is 31.8 Å². The molecule has 2 saturated heterocycles. The molecule has 2 aliphatic heterocycles. The van der Waals surface area contributed by atoms with Crippen LogP contribution in [0.25, 0.3) is 0 Å². The molecule has 120 valence electrons. The third-order valence-electron chi connectivity index (χ3n) is 5.74. The van der Waals surface area contributed by atoms with E-state index in [0.717, 1.165) is 19.6 Å². The van der Waals surface area contributed by atoms with Gasteiger partial charge in [-0.1, -0.05) is 19.8 Å². The molecule has 2 N–H and O–H groups in total. The van der Waals surface area contributed by atoms with Crippen molar-refractivity contribution in [1.29, 1.82) is 0 Å². The second-order valence-electron chi connectivity index (χ2n) is 6.96. The van der Waals surface area contributed by atoms with Gasteiger partial charge in [0.05, 0.1) is 0 Å². The predicted octanol–water partition coefficient (Wildman–Crippen LogP) is 1.32. The SMILES string of the molecule is CC(C(=O)NCC1(N2CCSCC2)CCCC1)C1CNC1. The number of carbonyl (C=O) groups excluding carboxylic acids is 1. The summed E-state index contributed by atoms with van der Waals surface area (Å²) in [6.45, 7) is 7.35. The Hall–Kier alpha value is -0.260. The van der Waals surface area contributed by atoms with Crippen LogP contribution in [0.4, 0.5) is 0 Å². The highest BCUT2D eigenvalue weighted by Gasteiger charge is 2.40. The van der Waals surface area contributed by atoms with E-state index in [-0.39, 0.29) is 17.4 Å². The van der Waals surface area contributed by atoms with Crippen LogP contribution in [0.2, 0.25) is 0 Å². The Morgan fingerprint density at radius 2 is 2.00 bits per heavy atom. The van der Waals surface area contributed by atoms with Crippen LogP contribution in [0.15, 0.2) is 0 Å². The number of hydrogen-bond acceptors (Lipinski definition) is 4. The first kappa shape index (κ1) is 15.6. The van der Waals surface area contributed by atoms with Crippen molar-refractivity contribution >= 4 is 17.7 Å². The third kappa shape index (κ3) is 3.40. The lowest BCUT2D eigenvalue weighted by molar-refractivity contribution is -0.127. The molecule has 3 rings (SSSR count). The summed E-state index contributed by atoms with van der Waals surface area (Å²) in [6.07, 6.45) is 5.16. The normalized spacial score (nSPS) is 28.0. The second-order valence-corrected chi connectivity index (χ2v) is 8.18. The fourth-order valence-corrected chi connectivity index (χ4v) is 4.87. The van der Waals surface area contributed by atoms with Gasteiger partial charge in [0.2, 0.25) is 5.91 Å². The van der Waals surface area contributed by atoms with E-state index >= 15 is 0 Å². The molecule has 1 atom stereocenters. The molecule has 0 radical (unpaired) electrons. The van der Waals surface area contributed by atoms with E-state index in [0.29, 0.717) is 5.92 Å².